The van der Waals surface area contributed by atoms with Crippen LogP contribution in [-0.2, 0) is 26.2 Å². The Morgan fingerprint density at radius 1 is 0.976 bits per heavy atom. The van der Waals surface area contributed by atoms with Crippen molar-refractivity contribution < 1.29 is 31.9 Å². The highest BCUT2D eigenvalue weighted by molar-refractivity contribution is 7.92. The highest BCUT2D eigenvalue weighted by atomic mass is 32.2. The summed E-state index contributed by atoms with van der Waals surface area (Å²) in [6.45, 7) is 5.16. The number of amides is 2. The quantitative estimate of drug-likeness (QED) is 0.270. The van der Waals surface area contributed by atoms with Gasteiger partial charge in [-0.3, -0.25) is 13.9 Å². The third-order valence-electron chi connectivity index (χ3n) is 6.81. The van der Waals surface area contributed by atoms with Gasteiger partial charge in [0.2, 0.25) is 11.8 Å². The summed E-state index contributed by atoms with van der Waals surface area (Å²) in [5.41, 5.74) is 1.53. The first kappa shape index (κ1) is 32.4. The number of anilines is 1. The lowest BCUT2D eigenvalue weighted by atomic mass is 10.1. The molecular weight excluding hydrogens is 561 g/mol. The van der Waals surface area contributed by atoms with Gasteiger partial charge in [0, 0.05) is 19.2 Å². The molecule has 0 spiro atoms. The molecule has 42 heavy (non-hydrogen) atoms. The maximum atomic E-state index is 14.1. The van der Waals surface area contributed by atoms with Gasteiger partial charge >= 0.3 is 0 Å². The van der Waals surface area contributed by atoms with E-state index < -0.39 is 34.3 Å². The molecule has 226 valence electrons. The molecule has 0 saturated carbocycles. The average molecular weight is 600 g/mol. The van der Waals surface area contributed by atoms with Gasteiger partial charge < -0.3 is 19.7 Å². The van der Waals surface area contributed by atoms with Crippen LogP contribution >= 0.6 is 0 Å². The van der Waals surface area contributed by atoms with E-state index in [1.807, 2.05) is 13.8 Å². The Balaban J connectivity index is 2.09. The SMILES string of the molecule is CCCCNC(=O)C(C)N(Cc1ccc(F)cc1)C(=O)CN(c1cc(OC)ccc1OC)S(=O)(=O)c1ccc(C)cc1. The normalized spacial score (nSPS) is 11.9. The van der Waals surface area contributed by atoms with E-state index in [4.69, 9.17) is 9.47 Å². The molecule has 0 heterocycles. The Morgan fingerprint density at radius 3 is 2.24 bits per heavy atom. The van der Waals surface area contributed by atoms with Crippen LogP contribution in [0.3, 0.4) is 0 Å². The fourth-order valence-electron chi connectivity index (χ4n) is 4.25. The van der Waals surface area contributed by atoms with Crippen molar-refractivity contribution in [1.82, 2.24) is 10.2 Å². The topological polar surface area (TPSA) is 105 Å². The molecular formula is C31H38FN3O6S. The minimum Gasteiger partial charge on any atom is -0.497 e. The zero-order valence-corrected chi connectivity index (χ0v) is 25.4. The summed E-state index contributed by atoms with van der Waals surface area (Å²) in [4.78, 5) is 28.4. The summed E-state index contributed by atoms with van der Waals surface area (Å²) >= 11 is 0. The molecule has 3 rings (SSSR count). The average Bonchev–Trinajstić information content (AvgIpc) is 2.99. The highest BCUT2D eigenvalue weighted by Crippen LogP contribution is 2.36. The zero-order chi connectivity index (χ0) is 30.9. The second-order valence-corrected chi connectivity index (χ2v) is 11.7. The Hall–Kier alpha value is -4.12. The predicted octanol–water partition coefficient (Wildman–Crippen LogP) is 4.68. The molecule has 1 N–H and O–H groups in total. The largest absolute Gasteiger partial charge is 0.497 e. The predicted molar refractivity (Wildman–Crippen MR) is 160 cm³/mol. The molecule has 11 heteroatoms. The third-order valence-corrected chi connectivity index (χ3v) is 8.58. The third kappa shape index (κ3) is 8.00. The molecule has 0 aliphatic carbocycles. The number of rotatable bonds is 14. The number of carbonyl (C=O) groups is 2. The Labute approximate surface area is 247 Å². The van der Waals surface area contributed by atoms with E-state index in [0.29, 0.717) is 17.9 Å². The van der Waals surface area contributed by atoms with Crippen molar-refractivity contribution in [3.63, 3.8) is 0 Å². The molecule has 0 radical (unpaired) electrons. The minimum atomic E-state index is -4.30. The molecule has 3 aromatic rings. The van der Waals surface area contributed by atoms with Crippen LogP contribution in [0.4, 0.5) is 10.1 Å². The van der Waals surface area contributed by atoms with Crippen LogP contribution in [0.1, 0.15) is 37.8 Å². The van der Waals surface area contributed by atoms with E-state index in [1.54, 1.807) is 31.2 Å². The van der Waals surface area contributed by atoms with Gasteiger partial charge in [-0.1, -0.05) is 43.2 Å². The Morgan fingerprint density at radius 2 is 1.64 bits per heavy atom. The first-order valence-corrected chi connectivity index (χ1v) is 15.1. The van der Waals surface area contributed by atoms with Crippen molar-refractivity contribution in [1.29, 1.82) is 0 Å². The number of hydrogen-bond donors (Lipinski definition) is 1. The Bertz CT molecular complexity index is 1460. The second kappa shape index (κ2) is 14.7. The molecule has 1 atom stereocenters. The van der Waals surface area contributed by atoms with Gasteiger partial charge in [0.25, 0.3) is 10.0 Å². The van der Waals surface area contributed by atoms with E-state index in [-0.39, 0.29) is 28.8 Å². The van der Waals surface area contributed by atoms with Gasteiger partial charge in [-0.15, -0.1) is 0 Å². The van der Waals surface area contributed by atoms with E-state index >= 15 is 0 Å². The summed E-state index contributed by atoms with van der Waals surface area (Å²) in [5, 5.41) is 2.83. The molecule has 0 fully saturated rings. The highest BCUT2D eigenvalue weighted by Gasteiger charge is 2.34. The van der Waals surface area contributed by atoms with Crippen LogP contribution in [0.2, 0.25) is 0 Å². The lowest BCUT2D eigenvalue weighted by Crippen LogP contribution is -2.51. The number of benzene rings is 3. The number of carbonyl (C=O) groups excluding carboxylic acids is 2. The Kier molecular flexibility index (Phi) is 11.3. The molecule has 9 nitrogen and oxygen atoms in total. The van der Waals surface area contributed by atoms with Crippen LogP contribution < -0.4 is 19.1 Å². The lowest BCUT2D eigenvalue weighted by Gasteiger charge is -2.32. The van der Waals surface area contributed by atoms with E-state index in [2.05, 4.69) is 5.32 Å². The molecule has 1 unspecified atom stereocenters. The number of ether oxygens (including phenoxy) is 2. The number of hydrogen-bond acceptors (Lipinski definition) is 6. The zero-order valence-electron chi connectivity index (χ0n) is 24.6. The van der Waals surface area contributed by atoms with E-state index in [0.717, 1.165) is 22.7 Å². The lowest BCUT2D eigenvalue weighted by molar-refractivity contribution is -0.139. The number of unbranched alkanes of at least 4 members (excludes halogenated alkanes) is 1. The second-order valence-electron chi connectivity index (χ2n) is 9.83. The number of aryl methyl sites for hydroxylation is 1. The van der Waals surface area contributed by atoms with Crippen LogP contribution in [0.25, 0.3) is 0 Å². The number of sulfonamides is 1. The molecule has 0 saturated heterocycles. The fraction of sp³-hybridized carbons (Fsp3) is 0.355. The van der Waals surface area contributed by atoms with Gasteiger partial charge in [-0.05, 0) is 62.2 Å². The number of nitrogens with zero attached hydrogens (tertiary/aromatic N) is 2. The molecule has 0 aliphatic heterocycles. The maximum Gasteiger partial charge on any atom is 0.264 e. The van der Waals surface area contributed by atoms with Crippen molar-refractivity contribution in [2.24, 2.45) is 0 Å². The van der Waals surface area contributed by atoms with Crippen LogP contribution in [0, 0.1) is 12.7 Å². The molecule has 2 amide bonds. The molecule has 0 bridgehead atoms. The smallest absolute Gasteiger partial charge is 0.264 e. The summed E-state index contributed by atoms with van der Waals surface area (Å²) in [7, 11) is -1.46. The fourth-order valence-corrected chi connectivity index (χ4v) is 5.66. The summed E-state index contributed by atoms with van der Waals surface area (Å²) < 4.78 is 53.6. The number of nitrogens with one attached hydrogen (secondary N) is 1. The van der Waals surface area contributed by atoms with Crippen molar-refractivity contribution in [3.05, 3.63) is 83.7 Å². The van der Waals surface area contributed by atoms with Gasteiger partial charge in [0.15, 0.2) is 0 Å². The summed E-state index contributed by atoms with van der Waals surface area (Å²) in [5.74, 6) is -0.907. The molecule has 0 aromatic heterocycles. The molecule has 3 aromatic carbocycles. The summed E-state index contributed by atoms with van der Waals surface area (Å²) in [6, 6.07) is 15.5. The van der Waals surface area contributed by atoms with Crippen LogP contribution in [0.15, 0.2) is 71.6 Å². The first-order chi connectivity index (χ1) is 20.0. The monoisotopic (exact) mass is 599 g/mol. The number of halogens is 1. The van der Waals surface area contributed by atoms with Crippen molar-refractivity contribution in [3.8, 4) is 11.5 Å². The van der Waals surface area contributed by atoms with Crippen molar-refractivity contribution in [2.45, 2.75) is 51.1 Å². The minimum absolute atomic E-state index is 0.0267. The van der Waals surface area contributed by atoms with Gasteiger partial charge in [0.1, 0.15) is 29.9 Å². The van der Waals surface area contributed by atoms with E-state index in [1.165, 1.54) is 61.6 Å². The van der Waals surface area contributed by atoms with Crippen LogP contribution in [0.5, 0.6) is 11.5 Å². The van der Waals surface area contributed by atoms with Crippen LogP contribution in [-0.4, -0.2) is 58.5 Å². The van der Waals surface area contributed by atoms with Crippen molar-refractivity contribution >= 4 is 27.5 Å². The van der Waals surface area contributed by atoms with Gasteiger partial charge in [-0.2, -0.15) is 0 Å². The summed E-state index contributed by atoms with van der Waals surface area (Å²) in [6.07, 6.45) is 1.64. The van der Waals surface area contributed by atoms with Gasteiger partial charge in [0.05, 0.1) is 24.8 Å². The van der Waals surface area contributed by atoms with Crippen molar-refractivity contribution in [2.75, 3.05) is 31.6 Å². The standard InChI is InChI=1S/C31H38FN3O6S/c1-6-7-18-33-31(37)23(3)34(20-24-10-12-25(32)13-11-24)30(36)21-35(28-19-26(40-4)14-17-29(28)41-5)42(38,39)27-15-8-22(2)9-16-27/h8-17,19,23H,6-7,18,20-21H2,1-5H3,(H,33,37). The maximum absolute atomic E-state index is 14.1. The van der Waals surface area contributed by atoms with Gasteiger partial charge in [-0.25, -0.2) is 12.8 Å². The first-order valence-electron chi connectivity index (χ1n) is 13.6. The number of methoxy groups -OCH3 is 2. The van der Waals surface area contributed by atoms with E-state index in [9.17, 15) is 22.4 Å². The molecule has 0 aliphatic rings.